The van der Waals surface area contributed by atoms with Gasteiger partial charge in [0.2, 0.25) is 0 Å². The molecule has 2 saturated heterocycles. The Hall–Kier alpha value is -1.92. The summed E-state index contributed by atoms with van der Waals surface area (Å²) in [5.41, 5.74) is 1.08. The summed E-state index contributed by atoms with van der Waals surface area (Å²) in [5, 5.41) is 19.0. The van der Waals surface area contributed by atoms with Crippen LogP contribution in [0.1, 0.15) is 59.2 Å². The van der Waals surface area contributed by atoms with Crippen molar-refractivity contribution in [1.29, 1.82) is 0 Å². The zero-order valence-electron chi connectivity index (χ0n) is 15.1. The number of hydrogen-bond acceptors (Lipinski definition) is 4. The van der Waals surface area contributed by atoms with E-state index in [0.29, 0.717) is 24.2 Å². The van der Waals surface area contributed by atoms with Gasteiger partial charge in [0.25, 0.3) is 11.8 Å². The van der Waals surface area contributed by atoms with Crippen LogP contribution < -0.4 is 0 Å². The number of amides is 2. The van der Waals surface area contributed by atoms with Crippen molar-refractivity contribution in [2.45, 2.75) is 50.6 Å². The third-order valence-corrected chi connectivity index (χ3v) is 5.58. The molecule has 26 heavy (non-hydrogen) atoms. The Bertz CT molecular complexity index is 576. The first-order valence-corrected chi connectivity index (χ1v) is 9.59. The number of rotatable bonds is 4. The SMILES string of the molecule is O=C(c1ccc(C(=O)N2CCCCC2CO)cc1)N1CCCCC1CO. The first-order chi connectivity index (χ1) is 12.7. The van der Waals surface area contributed by atoms with Gasteiger partial charge in [0.05, 0.1) is 25.3 Å². The second-order valence-corrected chi connectivity index (χ2v) is 7.24. The number of nitrogens with zero attached hydrogens (tertiary/aromatic N) is 2. The Morgan fingerprint density at radius 1 is 0.769 bits per heavy atom. The number of piperidine rings is 2. The van der Waals surface area contributed by atoms with Crippen LogP contribution in [-0.2, 0) is 0 Å². The second-order valence-electron chi connectivity index (χ2n) is 7.24. The second kappa shape index (κ2) is 8.64. The largest absolute Gasteiger partial charge is 0.394 e. The normalized spacial score (nSPS) is 23.8. The van der Waals surface area contributed by atoms with E-state index in [-0.39, 0.29) is 37.1 Å². The molecule has 0 bridgehead atoms. The van der Waals surface area contributed by atoms with E-state index >= 15 is 0 Å². The monoisotopic (exact) mass is 360 g/mol. The van der Waals surface area contributed by atoms with Crippen LogP contribution in [0.15, 0.2) is 24.3 Å². The van der Waals surface area contributed by atoms with Gasteiger partial charge in [0.1, 0.15) is 0 Å². The van der Waals surface area contributed by atoms with E-state index in [9.17, 15) is 19.8 Å². The fourth-order valence-corrected chi connectivity index (χ4v) is 4.00. The maximum atomic E-state index is 12.7. The average Bonchev–Trinajstić information content (AvgIpc) is 2.72. The first kappa shape index (κ1) is 18.9. The molecule has 2 fully saturated rings. The van der Waals surface area contributed by atoms with Gasteiger partial charge >= 0.3 is 0 Å². The van der Waals surface area contributed by atoms with Crippen LogP contribution in [0.5, 0.6) is 0 Å². The quantitative estimate of drug-likeness (QED) is 0.856. The Balaban J connectivity index is 1.71. The summed E-state index contributed by atoms with van der Waals surface area (Å²) in [6, 6.07) is 6.53. The highest BCUT2D eigenvalue weighted by molar-refractivity contribution is 5.98. The number of carbonyl (C=O) groups is 2. The van der Waals surface area contributed by atoms with Gasteiger partial charge in [-0.3, -0.25) is 9.59 Å². The summed E-state index contributed by atoms with van der Waals surface area (Å²) in [7, 11) is 0. The van der Waals surface area contributed by atoms with E-state index in [1.54, 1.807) is 34.1 Å². The molecule has 0 aromatic heterocycles. The zero-order chi connectivity index (χ0) is 18.5. The molecule has 2 aliphatic heterocycles. The predicted octanol–water partition coefficient (Wildman–Crippen LogP) is 1.66. The van der Waals surface area contributed by atoms with Crippen LogP contribution in [0.2, 0.25) is 0 Å². The average molecular weight is 360 g/mol. The van der Waals surface area contributed by atoms with Crippen molar-refractivity contribution in [2.24, 2.45) is 0 Å². The summed E-state index contributed by atoms with van der Waals surface area (Å²) >= 11 is 0. The van der Waals surface area contributed by atoms with Gasteiger partial charge in [-0.2, -0.15) is 0 Å². The summed E-state index contributed by atoms with van der Waals surface area (Å²) in [5.74, 6) is -0.178. The van der Waals surface area contributed by atoms with Crippen LogP contribution in [0.25, 0.3) is 0 Å². The van der Waals surface area contributed by atoms with E-state index in [4.69, 9.17) is 0 Å². The molecule has 0 radical (unpaired) electrons. The minimum Gasteiger partial charge on any atom is -0.394 e. The van der Waals surface area contributed by atoms with Gasteiger partial charge in [0.15, 0.2) is 0 Å². The Labute approximate surface area is 154 Å². The van der Waals surface area contributed by atoms with Crippen LogP contribution in [-0.4, -0.2) is 70.2 Å². The van der Waals surface area contributed by atoms with Crippen molar-refractivity contribution in [3.8, 4) is 0 Å². The van der Waals surface area contributed by atoms with Gasteiger partial charge in [-0.1, -0.05) is 0 Å². The van der Waals surface area contributed by atoms with Crippen molar-refractivity contribution in [1.82, 2.24) is 9.80 Å². The van der Waals surface area contributed by atoms with Crippen molar-refractivity contribution in [3.05, 3.63) is 35.4 Å². The molecular weight excluding hydrogens is 332 g/mol. The molecule has 1 aromatic rings. The van der Waals surface area contributed by atoms with Crippen molar-refractivity contribution in [3.63, 3.8) is 0 Å². The highest BCUT2D eigenvalue weighted by Crippen LogP contribution is 2.22. The zero-order valence-corrected chi connectivity index (χ0v) is 15.1. The van der Waals surface area contributed by atoms with E-state index in [0.717, 1.165) is 38.5 Å². The van der Waals surface area contributed by atoms with E-state index in [1.807, 2.05) is 0 Å². The molecule has 2 atom stereocenters. The molecule has 3 rings (SSSR count). The number of aliphatic hydroxyl groups is 2. The first-order valence-electron chi connectivity index (χ1n) is 9.59. The maximum Gasteiger partial charge on any atom is 0.254 e. The molecule has 2 unspecified atom stereocenters. The van der Waals surface area contributed by atoms with E-state index < -0.39 is 0 Å². The molecule has 0 spiro atoms. The molecule has 2 heterocycles. The van der Waals surface area contributed by atoms with Crippen LogP contribution in [0.4, 0.5) is 0 Å². The van der Waals surface area contributed by atoms with E-state index in [1.165, 1.54) is 0 Å². The molecule has 1 aromatic carbocycles. The Morgan fingerprint density at radius 3 is 1.50 bits per heavy atom. The lowest BCUT2D eigenvalue weighted by atomic mass is 10.00. The summed E-state index contributed by atoms with van der Waals surface area (Å²) in [6.45, 7) is 1.30. The lowest BCUT2D eigenvalue weighted by molar-refractivity contribution is 0.0494. The fourth-order valence-electron chi connectivity index (χ4n) is 4.00. The molecule has 0 saturated carbocycles. The fraction of sp³-hybridized carbons (Fsp3) is 0.600. The van der Waals surface area contributed by atoms with Crippen LogP contribution in [0, 0.1) is 0 Å². The van der Waals surface area contributed by atoms with Crippen molar-refractivity contribution in [2.75, 3.05) is 26.3 Å². The summed E-state index contributed by atoms with van der Waals surface area (Å²) in [4.78, 5) is 29.0. The molecular formula is C20H28N2O4. The lowest BCUT2D eigenvalue weighted by Crippen LogP contribution is -2.46. The third kappa shape index (κ3) is 3.91. The van der Waals surface area contributed by atoms with Crippen LogP contribution in [0.3, 0.4) is 0 Å². The van der Waals surface area contributed by atoms with Crippen molar-refractivity contribution >= 4 is 11.8 Å². The minimum atomic E-state index is -0.115. The number of likely N-dealkylation sites (tertiary alicyclic amines) is 2. The van der Waals surface area contributed by atoms with Gasteiger partial charge in [-0.05, 0) is 62.8 Å². The Kier molecular flexibility index (Phi) is 6.27. The van der Waals surface area contributed by atoms with E-state index in [2.05, 4.69) is 0 Å². The standard InChI is InChI=1S/C20H28N2O4/c23-13-17-5-1-3-11-21(17)19(25)15-7-9-16(10-8-15)20(26)22-12-4-2-6-18(22)14-24/h7-10,17-18,23-24H,1-6,11-14H2. The molecule has 0 aliphatic carbocycles. The number of hydrogen-bond donors (Lipinski definition) is 2. The highest BCUT2D eigenvalue weighted by Gasteiger charge is 2.29. The topological polar surface area (TPSA) is 81.1 Å². The lowest BCUT2D eigenvalue weighted by Gasteiger charge is -2.35. The van der Waals surface area contributed by atoms with Crippen molar-refractivity contribution < 1.29 is 19.8 Å². The molecule has 6 heteroatoms. The molecule has 2 amide bonds. The summed E-state index contributed by atoms with van der Waals surface area (Å²) < 4.78 is 0. The predicted molar refractivity (Wildman–Crippen MR) is 98.0 cm³/mol. The molecule has 2 aliphatic rings. The molecule has 6 nitrogen and oxygen atoms in total. The number of carbonyl (C=O) groups excluding carboxylic acids is 2. The van der Waals surface area contributed by atoms with Crippen LogP contribution >= 0.6 is 0 Å². The number of aliphatic hydroxyl groups excluding tert-OH is 2. The smallest absolute Gasteiger partial charge is 0.254 e. The number of benzene rings is 1. The van der Waals surface area contributed by atoms with Gasteiger partial charge < -0.3 is 20.0 Å². The van der Waals surface area contributed by atoms with Gasteiger partial charge in [-0.15, -0.1) is 0 Å². The molecule has 142 valence electrons. The van der Waals surface area contributed by atoms with Gasteiger partial charge in [0, 0.05) is 24.2 Å². The minimum absolute atomic E-state index is 0.0141. The Morgan fingerprint density at radius 2 is 1.15 bits per heavy atom. The van der Waals surface area contributed by atoms with Gasteiger partial charge in [-0.25, -0.2) is 0 Å². The highest BCUT2D eigenvalue weighted by atomic mass is 16.3. The summed E-state index contributed by atoms with van der Waals surface area (Å²) in [6.07, 6.45) is 5.63. The third-order valence-electron chi connectivity index (χ3n) is 5.58. The molecule has 2 N–H and O–H groups in total. The maximum absolute atomic E-state index is 12.7.